The summed E-state index contributed by atoms with van der Waals surface area (Å²) in [5, 5.41) is 0. The maximum atomic E-state index is 10.8. The number of hydrogen-bond acceptors (Lipinski definition) is 2. The molecule has 0 aromatic heterocycles. The van der Waals surface area contributed by atoms with Crippen LogP contribution in [0, 0.1) is 0 Å². The molecule has 1 atom stereocenters. The molecule has 3 heteroatoms. The molecule has 1 aliphatic heterocycles. The van der Waals surface area contributed by atoms with Gasteiger partial charge in [0.2, 0.25) is 0 Å². The summed E-state index contributed by atoms with van der Waals surface area (Å²) in [5.41, 5.74) is 0. The standard InChI is InChI=1S/C6H10O2S/c7-6-2-1-4-9(8)5-3-6/h1-5H2. The van der Waals surface area contributed by atoms with E-state index >= 15 is 0 Å². The third kappa shape index (κ3) is 2.26. The molecule has 0 aromatic carbocycles. The summed E-state index contributed by atoms with van der Waals surface area (Å²) in [6, 6.07) is 0. The molecule has 0 N–H and O–H groups in total. The minimum atomic E-state index is -0.699. The minimum absolute atomic E-state index is 0.279. The molecule has 1 aliphatic rings. The predicted octanol–water partition coefficient (Wildman–Crippen LogP) is 0.488. The summed E-state index contributed by atoms with van der Waals surface area (Å²) in [6.07, 6.45) is 2.00. The molecule has 0 aromatic rings. The van der Waals surface area contributed by atoms with E-state index in [1.807, 2.05) is 0 Å². The third-order valence-electron chi connectivity index (χ3n) is 1.44. The van der Waals surface area contributed by atoms with Gasteiger partial charge >= 0.3 is 0 Å². The summed E-state index contributed by atoms with van der Waals surface area (Å²) in [5.74, 6) is 1.60. The van der Waals surface area contributed by atoms with E-state index in [4.69, 9.17) is 0 Å². The molecule has 0 bridgehead atoms. The van der Waals surface area contributed by atoms with Gasteiger partial charge in [0, 0.05) is 35.1 Å². The number of Topliss-reactive ketones (excluding diaryl/α,β-unsaturated/α-hetero) is 1. The normalized spacial score (nSPS) is 29.8. The average molecular weight is 146 g/mol. The van der Waals surface area contributed by atoms with Gasteiger partial charge in [-0.15, -0.1) is 0 Å². The number of carbonyl (C=O) groups is 1. The van der Waals surface area contributed by atoms with Crippen LogP contribution in [0.5, 0.6) is 0 Å². The zero-order valence-corrected chi connectivity index (χ0v) is 6.08. The van der Waals surface area contributed by atoms with Gasteiger partial charge in [0.25, 0.3) is 0 Å². The molecule has 0 aliphatic carbocycles. The molecule has 1 unspecified atom stereocenters. The largest absolute Gasteiger partial charge is 0.300 e. The first kappa shape index (κ1) is 6.93. The first-order valence-electron chi connectivity index (χ1n) is 3.16. The second kappa shape index (κ2) is 3.11. The SMILES string of the molecule is O=C1CCCS(=O)CC1. The van der Waals surface area contributed by atoms with Gasteiger partial charge < -0.3 is 0 Å². The van der Waals surface area contributed by atoms with E-state index in [9.17, 15) is 9.00 Å². The van der Waals surface area contributed by atoms with Crippen molar-refractivity contribution < 1.29 is 9.00 Å². The Labute approximate surface area is 57.1 Å². The van der Waals surface area contributed by atoms with Crippen molar-refractivity contribution in [2.24, 2.45) is 0 Å². The molecule has 1 fully saturated rings. The lowest BCUT2D eigenvalue weighted by Crippen LogP contribution is -1.99. The summed E-state index contributed by atoms with van der Waals surface area (Å²) < 4.78 is 10.8. The smallest absolute Gasteiger partial charge is 0.133 e. The Hall–Kier alpha value is -0.180. The van der Waals surface area contributed by atoms with Crippen LogP contribution in [0.2, 0.25) is 0 Å². The van der Waals surface area contributed by atoms with Gasteiger partial charge in [0.1, 0.15) is 5.78 Å². The quantitative estimate of drug-likeness (QED) is 0.498. The third-order valence-corrected chi connectivity index (χ3v) is 2.84. The molecule has 0 spiro atoms. The molecule has 1 heterocycles. The molecule has 0 amide bonds. The van der Waals surface area contributed by atoms with E-state index in [-0.39, 0.29) is 5.78 Å². The van der Waals surface area contributed by atoms with Crippen molar-refractivity contribution in [2.45, 2.75) is 19.3 Å². The molecule has 1 rings (SSSR count). The van der Waals surface area contributed by atoms with Gasteiger partial charge in [-0.25, -0.2) is 0 Å². The van der Waals surface area contributed by atoms with Crippen molar-refractivity contribution in [2.75, 3.05) is 11.5 Å². The molecule has 0 radical (unpaired) electrons. The Morgan fingerprint density at radius 1 is 1.22 bits per heavy atom. The highest BCUT2D eigenvalue weighted by Crippen LogP contribution is 2.04. The number of hydrogen-bond donors (Lipinski definition) is 0. The van der Waals surface area contributed by atoms with Crippen LogP contribution in [0.4, 0.5) is 0 Å². The monoisotopic (exact) mass is 146 g/mol. The Bertz CT molecular complexity index is 126. The van der Waals surface area contributed by atoms with E-state index in [2.05, 4.69) is 0 Å². The van der Waals surface area contributed by atoms with Gasteiger partial charge in [0.15, 0.2) is 0 Å². The van der Waals surface area contributed by atoms with Crippen molar-refractivity contribution in [1.82, 2.24) is 0 Å². The van der Waals surface area contributed by atoms with Crippen molar-refractivity contribution in [3.63, 3.8) is 0 Å². The molecular weight excluding hydrogens is 136 g/mol. The van der Waals surface area contributed by atoms with Gasteiger partial charge in [-0.2, -0.15) is 0 Å². The summed E-state index contributed by atoms with van der Waals surface area (Å²) in [6.45, 7) is 0. The second-order valence-electron chi connectivity index (χ2n) is 2.24. The molecule has 9 heavy (non-hydrogen) atoms. The minimum Gasteiger partial charge on any atom is -0.300 e. The molecule has 1 saturated heterocycles. The van der Waals surface area contributed by atoms with Crippen LogP contribution < -0.4 is 0 Å². The number of ketones is 1. The molecule has 2 nitrogen and oxygen atoms in total. The Morgan fingerprint density at radius 3 is 2.78 bits per heavy atom. The summed E-state index contributed by atoms with van der Waals surface area (Å²) in [4.78, 5) is 10.7. The van der Waals surface area contributed by atoms with Gasteiger partial charge in [0.05, 0.1) is 0 Å². The summed E-state index contributed by atoms with van der Waals surface area (Å²) in [7, 11) is -0.699. The first-order valence-corrected chi connectivity index (χ1v) is 4.64. The van der Waals surface area contributed by atoms with Crippen LogP contribution in [-0.2, 0) is 15.6 Å². The van der Waals surface area contributed by atoms with Gasteiger partial charge in [-0.1, -0.05) is 0 Å². The molecule has 0 saturated carbocycles. The fourth-order valence-electron chi connectivity index (χ4n) is 0.885. The lowest BCUT2D eigenvalue weighted by molar-refractivity contribution is -0.118. The zero-order valence-electron chi connectivity index (χ0n) is 5.26. The van der Waals surface area contributed by atoms with Crippen molar-refractivity contribution in [3.05, 3.63) is 0 Å². The second-order valence-corrected chi connectivity index (χ2v) is 3.94. The van der Waals surface area contributed by atoms with Crippen molar-refractivity contribution in [3.8, 4) is 0 Å². The highest BCUT2D eigenvalue weighted by Gasteiger charge is 2.10. The average Bonchev–Trinajstić information content (AvgIpc) is 1.97. The van der Waals surface area contributed by atoms with E-state index in [1.54, 1.807) is 0 Å². The van der Waals surface area contributed by atoms with E-state index < -0.39 is 10.8 Å². The van der Waals surface area contributed by atoms with Crippen molar-refractivity contribution >= 4 is 16.6 Å². The Kier molecular flexibility index (Phi) is 2.39. The maximum Gasteiger partial charge on any atom is 0.133 e. The highest BCUT2D eigenvalue weighted by atomic mass is 32.2. The van der Waals surface area contributed by atoms with Crippen LogP contribution in [0.25, 0.3) is 0 Å². The topological polar surface area (TPSA) is 34.1 Å². The van der Waals surface area contributed by atoms with Crippen LogP contribution in [-0.4, -0.2) is 21.5 Å². The lowest BCUT2D eigenvalue weighted by atomic mass is 10.2. The maximum absolute atomic E-state index is 10.8. The molecular formula is C6H10O2S. The fraction of sp³-hybridized carbons (Fsp3) is 0.833. The van der Waals surface area contributed by atoms with E-state index in [0.29, 0.717) is 18.6 Å². The predicted molar refractivity (Wildman–Crippen MR) is 36.7 cm³/mol. The highest BCUT2D eigenvalue weighted by molar-refractivity contribution is 7.85. The number of carbonyl (C=O) groups excluding carboxylic acids is 1. The first-order chi connectivity index (χ1) is 4.29. The van der Waals surface area contributed by atoms with Crippen LogP contribution in [0.3, 0.4) is 0 Å². The van der Waals surface area contributed by atoms with E-state index in [0.717, 1.165) is 12.2 Å². The van der Waals surface area contributed by atoms with Crippen molar-refractivity contribution in [1.29, 1.82) is 0 Å². The molecule has 52 valence electrons. The zero-order chi connectivity index (χ0) is 6.69. The fourth-order valence-corrected chi connectivity index (χ4v) is 2.01. The van der Waals surface area contributed by atoms with E-state index in [1.165, 1.54) is 0 Å². The Balaban J connectivity index is 2.43. The van der Waals surface area contributed by atoms with Crippen LogP contribution >= 0.6 is 0 Å². The van der Waals surface area contributed by atoms with Crippen LogP contribution in [0.1, 0.15) is 19.3 Å². The summed E-state index contributed by atoms with van der Waals surface area (Å²) >= 11 is 0. The van der Waals surface area contributed by atoms with Crippen LogP contribution in [0.15, 0.2) is 0 Å². The van der Waals surface area contributed by atoms with Gasteiger partial charge in [-0.05, 0) is 6.42 Å². The Morgan fingerprint density at radius 2 is 2.00 bits per heavy atom. The number of rotatable bonds is 0. The van der Waals surface area contributed by atoms with Gasteiger partial charge in [-0.3, -0.25) is 9.00 Å². The lowest BCUT2D eigenvalue weighted by Gasteiger charge is -1.88.